The molecular formula is C21H16N2. The Bertz CT molecular complexity index is 922. The van der Waals surface area contributed by atoms with Crippen LogP contribution in [-0.2, 0) is 6.54 Å². The second-order valence-electron chi connectivity index (χ2n) is 5.95. The molecular weight excluding hydrogens is 280 g/mol. The smallest absolute Gasteiger partial charge is 0.0632 e. The van der Waals surface area contributed by atoms with Gasteiger partial charge >= 0.3 is 0 Å². The van der Waals surface area contributed by atoms with Crippen molar-refractivity contribution in [3.63, 3.8) is 0 Å². The molecule has 0 saturated heterocycles. The van der Waals surface area contributed by atoms with E-state index in [4.69, 9.17) is 0 Å². The average Bonchev–Trinajstić information content (AvgIpc) is 3.24. The predicted molar refractivity (Wildman–Crippen MR) is 93.7 cm³/mol. The topological polar surface area (TPSA) is 9.86 Å². The SMILES string of the molecule is c1ccc2c(c1)-c1ccccc1-n1cccc1Cn1cccc1-2. The molecule has 0 saturated carbocycles. The summed E-state index contributed by atoms with van der Waals surface area (Å²) in [5, 5.41) is 0. The number of para-hydroxylation sites is 1. The van der Waals surface area contributed by atoms with Crippen LogP contribution in [0.1, 0.15) is 5.69 Å². The number of nitrogens with zero attached hydrogens (tertiary/aromatic N) is 2. The van der Waals surface area contributed by atoms with E-state index in [0.29, 0.717) is 0 Å². The van der Waals surface area contributed by atoms with Crippen LogP contribution in [0, 0.1) is 0 Å². The van der Waals surface area contributed by atoms with E-state index in [2.05, 4.69) is 94.3 Å². The first kappa shape index (κ1) is 12.5. The molecule has 23 heavy (non-hydrogen) atoms. The lowest BCUT2D eigenvalue weighted by atomic mass is 9.96. The highest BCUT2D eigenvalue weighted by molar-refractivity contribution is 5.86. The Hall–Kier alpha value is -3.00. The highest BCUT2D eigenvalue weighted by atomic mass is 15.0. The van der Waals surface area contributed by atoms with Crippen molar-refractivity contribution in [3.8, 4) is 28.1 Å². The van der Waals surface area contributed by atoms with Gasteiger partial charge in [-0.1, -0.05) is 42.5 Å². The second-order valence-corrected chi connectivity index (χ2v) is 5.95. The first-order valence-corrected chi connectivity index (χ1v) is 7.92. The lowest BCUT2D eigenvalue weighted by Gasteiger charge is -2.14. The number of hydrogen-bond donors (Lipinski definition) is 0. The first-order valence-electron chi connectivity index (χ1n) is 7.92. The lowest BCUT2D eigenvalue weighted by Crippen LogP contribution is -2.05. The molecule has 1 aliphatic rings. The van der Waals surface area contributed by atoms with Gasteiger partial charge < -0.3 is 9.13 Å². The maximum atomic E-state index is 2.33. The van der Waals surface area contributed by atoms with Crippen LogP contribution in [0.15, 0.2) is 85.2 Å². The van der Waals surface area contributed by atoms with E-state index >= 15 is 0 Å². The van der Waals surface area contributed by atoms with Crippen LogP contribution in [0.2, 0.25) is 0 Å². The fraction of sp³-hybridized carbons (Fsp3) is 0.0476. The van der Waals surface area contributed by atoms with Gasteiger partial charge in [-0.3, -0.25) is 0 Å². The largest absolute Gasteiger partial charge is 0.342 e. The lowest BCUT2D eigenvalue weighted by molar-refractivity contribution is 0.768. The van der Waals surface area contributed by atoms with Crippen LogP contribution in [-0.4, -0.2) is 9.13 Å². The standard InChI is InChI=1S/C21H16N2/c1-2-9-18-17(8-1)19-10-3-4-11-21(19)23-14-5-7-16(23)15-22-13-6-12-20(18)22/h1-14H,15H2. The van der Waals surface area contributed by atoms with Crippen molar-refractivity contribution < 1.29 is 0 Å². The zero-order valence-corrected chi connectivity index (χ0v) is 12.7. The third kappa shape index (κ3) is 1.82. The Balaban J connectivity index is 1.94. The fourth-order valence-electron chi connectivity index (χ4n) is 3.60. The zero-order chi connectivity index (χ0) is 15.2. The molecule has 2 nitrogen and oxygen atoms in total. The van der Waals surface area contributed by atoms with Crippen molar-refractivity contribution in [2.75, 3.05) is 0 Å². The normalized spacial score (nSPS) is 12.2. The molecule has 2 aromatic heterocycles. The molecule has 0 spiro atoms. The zero-order valence-electron chi connectivity index (χ0n) is 12.7. The van der Waals surface area contributed by atoms with Crippen LogP contribution in [0.25, 0.3) is 28.1 Å². The number of fused-ring (bicyclic) bond motifs is 7. The van der Waals surface area contributed by atoms with Crippen molar-refractivity contribution in [3.05, 3.63) is 90.9 Å². The van der Waals surface area contributed by atoms with E-state index in [1.54, 1.807) is 0 Å². The van der Waals surface area contributed by atoms with Crippen molar-refractivity contribution in [2.45, 2.75) is 6.54 Å². The molecule has 2 heteroatoms. The molecule has 0 fully saturated rings. The van der Waals surface area contributed by atoms with Crippen molar-refractivity contribution in [2.24, 2.45) is 0 Å². The van der Waals surface area contributed by atoms with E-state index in [1.807, 2.05) is 0 Å². The molecule has 1 aliphatic heterocycles. The van der Waals surface area contributed by atoms with Crippen molar-refractivity contribution in [1.29, 1.82) is 0 Å². The third-order valence-electron chi connectivity index (χ3n) is 4.65. The Morgan fingerprint density at radius 1 is 0.609 bits per heavy atom. The number of aromatic nitrogens is 2. The van der Waals surface area contributed by atoms with Gasteiger partial charge in [0.05, 0.1) is 12.2 Å². The van der Waals surface area contributed by atoms with E-state index < -0.39 is 0 Å². The van der Waals surface area contributed by atoms with Crippen molar-refractivity contribution in [1.82, 2.24) is 9.13 Å². The summed E-state index contributed by atoms with van der Waals surface area (Å²) in [6.07, 6.45) is 4.32. The van der Waals surface area contributed by atoms with Gasteiger partial charge in [-0.05, 0) is 35.9 Å². The van der Waals surface area contributed by atoms with Gasteiger partial charge in [0.1, 0.15) is 0 Å². The number of rotatable bonds is 0. The molecule has 0 radical (unpaired) electrons. The summed E-state index contributed by atoms with van der Waals surface area (Å²) < 4.78 is 4.64. The molecule has 0 amide bonds. The number of hydrogen-bond acceptors (Lipinski definition) is 0. The molecule has 0 aliphatic carbocycles. The highest BCUT2D eigenvalue weighted by Crippen LogP contribution is 2.37. The molecule has 0 unspecified atom stereocenters. The minimum absolute atomic E-state index is 0.873. The van der Waals surface area contributed by atoms with Gasteiger partial charge in [-0.15, -0.1) is 0 Å². The van der Waals surface area contributed by atoms with Gasteiger partial charge in [0.15, 0.2) is 0 Å². The maximum absolute atomic E-state index is 2.33. The van der Waals surface area contributed by atoms with E-state index in [0.717, 1.165) is 6.54 Å². The van der Waals surface area contributed by atoms with Gasteiger partial charge in [0.2, 0.25) is 0 Å². The molecule has 5 rings (SSSR count). The highest BCUT2D eigenvalue weighted by Gasteiger charge is 2.17. The quantitative estimate of drug-likeness (QED) is 0.381. The van der Waals surface area contributed by atoms with Crippen LogP contribution in [0.3, 0.4) is 0 Å². The molecule has 3 heterocycles. The summed E-state index contributed by atoms with van der Waals surface area (Å²) in [4.78, 5) is 0. The van der Waals surface area contributed by atoms with E-state index in [9.17, 15) is 0 Å². The second kappa shape index (κ2) is 4.75. The van der Waals surface area contributed by atoms with Crippen LogP contribution < -0.4 is 0 Å². The van der Waals surface area contributed by atoms with Crippen LogP contribution in [0.4, 0.5) is 0 Å². The summed E-state index contributed by atoms with van der Waals surface area (Å²) >= 11 is 0. The summed E-state index contributed by atoms with van der Waals surface area (Å²) in [6.45, 7) is 0.873. The molecule has 2 aromatic carbocycles. The first-order chi connectivity index (χ1) is 11.4. The number of benzene rings is 2. The fourth-order valence-corrected chi connectivity index (χ4v) is 3.60. The summed E-state index contributed by atoms with van der Waals surface area (Å²) in [7, 11) is 0. The molecule has 110 valence electrons. The minimum Gasteiger partial charge on any atom is -0.342 e. The summed E-state index contributed by atoms with van der Waals surface area (Å²) in [6, 6.07) is 26.0. The van der Waals surface area contributed by atoms with Gasteiger partial charge in [0.25, 0.3) is 0 Å². The average molecular weight is 296 g/mol. The minimum atomic E-state index is 0.873. The summed E-state index contributed by atoms with van der Waals surface area (Å²) in [5.74, 6) is 0. The molecule has 4 aromatic rings. The van der Waals surface area contributed by atoms with Gasteiger partial charge in [-0.2, -0.15) is 0 Å². The van der Waals surface area contributed by atoms with E-state index in [-0.39, 0.29) is 0 Å². The predicted octanol–water partition coefficient (Wildman–Crippen LogP) is 4.97. The monoisotopic (exact) mass is 296 g/mol. The Labute approximate surface area is 135 Å². The van der Waals surface area contributed by atoms with Crippen LogP contribution in [0.5, 0.6) is 0 Å². The Morgan fingerprint density at radius 2 is 1.35 bits per heavy atom. The van der Waals surface area contributed by atoms with Gasteiger partial charge in [-0.25, -0.2) is 0 Å². The van der Waals surface area contributed by atoms with E-state index in [1.165, 1.54) is 33.8 Å². The Morgan fingerprint density at radius 3 is 2.26 bits per heavy atom. The molecule has 0 bridgehead atoms. The summed E-state index contributed by atoms with van der Waals surface area (Å²) in [5.41, 5.74) is 7.65. The van der Waals surface area contributed by atoms with Crippen molar-refractivity contribution >= 4 is 0 Å². The third-order valence-corrected chi connectivity index (χ3v) is 4.65. The Kier molecular flexibility index (Phi) is 2.59. The molecule has 0 atom stereocenters. The molecule has 0 N–H and O–H groups in total. The van der Waals surface area contributed by atoms with Gasteiger partial charge in [0, 0.05) is 34.9 Å². The maximum Gasteiger partial charge on any atom is 0.0632 e. The van der Waals surface area contributed by atoms with Crippen LogP contribution >= 0.6 is 0 Å².